The van der Waals surface area contributed by atoms with Crippen LogP contribution in [0.2, 0.25) is 0 Å². The SMILES string of the molecule is CC1(C)[C@H]2CC[C@]1(C)C(=O)/C2=C/C(=O)c1ccc(F)cc1C(F)(F)F. The smallest absolute Gasteiger partial charge is 0.294 e. The van der Waals surface area contributed by atoms with Crippen LogP contribution in [0.5, 0.6) is 0 Å². The maximum atomic E-state index is 13.2. The molecule has 0 spiro atoms. The van der Waals surface area contributed by atoms with Crippen molar-refractivity contribution in [1.82, 2.24) is 0 Å². The Morgan fingerprint density at radius 3 is 2.40 bits per heavy atom. The van der Waals surface area contributed by atoms with E-state index < -0.39 is 34.3 Å². The zero-order valence-corrected chi connectivity index (χ0v) is 14.1. The van der Waals surface area contributed by atoms with Crippen LogP contribution in [0.3, 0.4) is 0 Å². The predicted octanol–water partition coefficient (Wildman–Crippen LogP) is 4.98. The van der Waals surface area contributed by atoms with Crippen LogP contribution in [-0.4, -0.2) is 11.6 Å². The number of hydrogen-bond donors (Lipinski definition) is 0. The Balaban J connectivity index is 2.05. The van der Waals surface area contributed by atoms with Crippen LogP contribution in [0.25, 0.3) is 0 Å². The zero-order valence-electron chi connectivity index (χ0n) is 14.1. The van der Waals surface area contributed by atoms with Crippen molar-refractivity contribution in [3.05, 3.63) is 46.8 Å². The van der Waals surface area contributed by atoms with Gasteiger partial charge in [-0.15, -0.1) is 0 Å². The summed E-state index contributed by atoms with van der Waals surface area (Å²) in [5.74, 6) is -2.30. The highest BCUT2D eigenvalue weighted by Crippen LogP contribution is 2.65. The average Bonchev–Trinajstić information content (AvgIpc) is 2.80. The second-order valence-corrected chi connectivity index (χ2v) is 7.63. The van der Waals surface area contributed by atoms with Crippen molar-refractivity contribution in [2.75, 3.05) is 0 Å². The first-order chi connectivity index (χ1) is 11.4. The van der Waals surface area contributed by atoms with Crippen molar-refractivity contribution in [3.8, 4) is 0 Å². The molecule has 0 amide bonds. The molecule has 0 radical (unpaired) electrons. The molecule has 2 fully saturated rings. The van der Waals surface area contributed by atoms with Crippen molar-refractivity contribution in [2.45, 2.75) is 39.8 Å². The summed E-state index contributed by atoms with van der Waals surface area (Å²) in [6, 6.07) is 1.94. The highest BCUT2D eigenvalue weighted by atomic mass is 19.4. The molecular weight excluding hydrogens is 336 g/mol. The Bertz CT molecular complexity index is 804. The van der Waals surface area contributed by atoms with E-state index in [-0.39, 0.29) is 17.1 Å². The van der Waals surface area contributed by atoms with Gasteiger partial charge in [0.1, 0.15) is 5.82 Å². The molecule has 0 aromatic heterocycles. The molecule has 2 saturated carbocycles. The molecule has 0 aliphatic heterocycles. The van der Waals surface area contributed by atoms with Gasteiger partial charge in [-0.1, -0.05) is 20.8 Å². The number of alkyl halides is 3. The number of allylic oxidation sites excluding steroid dienone is 2. The minimum atomic E-state index is -4.85. The minimum Gasteiger partial charge on any atom is -0.294 e. The molecule has 2 aliphatic rings. The lowest BCUT2D eigenvalue weighted by Gasteiger charge is -2.31. The number of fused-ring (bicyclic) bond motifs is 2. The molecule has 134 valence electrons. The van der Waals surface area contributed by atoms with Gasteiger partial charge in [0.2, 0.25) is 0 Å². The van der Waals surface area contributed by atoms with E-state index in [0.717, 1.165) is 24.6 Å². The first-order valence-electron chi connectivity index (χ1n) is 8.07. The van der Waals surface area contributed by atoms with E-state index >= 15 is 0 Å². The van der Waals surface area contributed by atoms with Crippen molar-refractivity contribution in [2.24, 2.45) is 16.7 Å². The number of rotatable bonds is 2. The second-order valence-electron chi connectivity index (χ2n) is 7.63. The van der Waals surface area contributed by atoms with Gasteiger partial charge in [0, 0.05) is 16.6 Å². The van der Waals surface area contributed by atoms with Gasteiger partial charge in [-0.25, -0.2) is 4.39 Å². The molecule has 25 heavy (non-hydrogen) atoms. The topological polar surface area (TPSA) is 34.1 Å². The quantitative estimate of drug-likeness (QED) is 0.426. The van der Waals surface area contributed by atoms with Crippen LogP contribution in [-0.2, 0) is 11.0 Å². The fourth-order valence-corrected chi connectivity index (χ4v) is 4.28. The molecule has 0 heterocycles. The molecule has 1 aromatic rings. The summed E-state index contributed by atoms with van der Waals surface area (Å²) < 4.78 is 52.5. The highest BCUT2D eigenvalue weighted by Gasteiger charge is 2.64. The van der Waals surface area contributed by atoms with Crippen LogP contribution >= 0.6 is 0 Å². The van der Waals surface area contributed by atoms with E-state index in [0.29, 0.717) is 18.1 Å². The van der Waals surface area contributed by atoms with Gasteiger partial charge in [0.05, 0.1) is 5.56 Å². The van der Waals surface area contributed by atoms with Crippen molar-refractivity contribution in [1.29, 1.82) is 0 Å². The number of carbonyl (C=O) groups is 2. The molecule has 2 atom stereocenters. The lowest BCUT2D eigenvalue weighted by atomic mass is 9.70. The molecule has 0 N–H and O–H groups in total. The van der Waals surface area contributed by atoms with E-state index in [4.69, 9.17) is 0 Å². The van der Waals surface area contributed by atoms with Crippen LogP contribution in [0.15, 0.2) is 29.8 Å². The molecule has 2 nitrogen and oxygen atoms in total. The fourth-order valence-electron chi connectivity index (χ4n) is 4.28. The van der Waals surface area contributed by atoms with E-state index in [1.165, 1.54) is 0 Å². The van der Waals surface area contributed by atoms with Gasteiger partial charge in [-0.3, -0.25) is 9.59 Å². The summed E-state index contributed by atoms with van der Waals surface area (Å²) in [6.45, 7) is 5.75. The Labute approximate surface area is 142 Å². The Morgan fingerprint density at radius 2 is 1.88 bits per heavy atom. The van der Waals surface area contributed by atoms with E-state index in [1.807, 2.05) is 20.8 Å². The van der Waals surface area contributed by atoms with Gasteiger partial charge in [-0.2, -0.15) is 13.2 Å². The van der Waals surface area contributed by atoms with Gasteiger partial charge in [0.15, 0.2) is 11.6 Å². The summed E-state index contributed by atoms with van der Waals surface area (Å²) in [7, 11) is 0. The Morgan fingerprint density at radius 1 is 1.24 bits per heavy atom. The number of ketones is 2. The molecule has 2 bridgehead atoms. The zero-order chi connectivity index (χ0) is 18.8. The predicted molar refractivity (Wildman–Crippen MR) is 83.4 cm³/mol. The average molecular weight is 354 g/mol. The van der Waals surface area contributed by atoms with Gasteiger partial charge >= 0.3 is 6.18 Å². The largest absolute Gasteiger partial charge is 0.417 e. The van der Waals surface area contributed by atoms with E-state index in [2.05, 4.69) is 0 Å². The maximum absolute atomic E-state index is 13.2. The number of carbonyl (C=O) groups excluding carboxylic acids is 2. The molecular formula is C19H18F4O2. The van der Waals surface area contributed by atoms with Gasteiger partial charge in [0.25, 0.3) is 0 Å². The molecule has 6 heteroatoms. The van der Waals surface area contributed by atoms with Crippen LogP contribution in [0.1, 0.15) is 49.5 Å². The second kappa shape index (κ2) is 5.26. The Kier molecular flexibility index (Phi) is 3.75. The van der Waals surface area contributed by atoms with Gasteiger partial charge in [-0.05, 0) is 48.4 Å². The lowest BCUT2D eigenvalue weighted by molar-refractivity contribution is -0.138. The first kappa shape index (κ1) is 17.8. The molecule has 0 saturated heterocycles. The maximum Gasteiger partial charge on any atom is 0.417 e. The third kappa shape index (κ3) is 2.45. The molecule has 0 unspecified atom stereocenters. The number of hydrogen-bond acceptors (Lipinski definition) is 2. The summed E-state index contributed by atoms with van der Waals surface area (Å²) >= 11 is 0. The Hall–Kier alpha value is -1.98. The number of halogens is 4. The first-order valence-corrected chi connectivity index (χ1v) is 8.07. The lowest BCUT2D eigenvalue weighted by Crippen LogP contribution is -2.32. The van der Waals surface area contributed by atoms with Gasteiger partial charge < -0.3 is 0 Å². The molecule has 3 rings (SSSR count). The highest BCUT2D eigenvalue weighted by molar-refractivity contribution is 6.13. The third-order valence-electron chi connectivity index (χ3n) is 6.20. The van der Waals surface area contributed by atoms with Crippen LogP contribution in [0.4, 0.5) is 17.6 Å². The number of benzene rings is 1. The number of Topliss-reactive ketones (excluding diaryl/α,β-unsaturated/α-hetero) is 1. The molecule has 2 aliphatic carbocycles. The third-order valence-corrected chi connectivity index (χ3v) is 6.20. The van der Waals surface area contributed by atoms with Crippen molar-refractivity contribution in [3.63, 3.8) is 0 Å². The van der Waals surface area contributed by atoms with Crippen molar-refractivity contribution >= 4 is 11.6 Å². The minimum absolute atomic E-state index is 0.149. The van der Waals surface area contributed by atoms with E-state index in [9.17, 15) is 27.2 Å². The monoisotopic (exact) mass is 354 g/mol. The standard InChI is InChI=1S/C19H18F4O2/c1-17(2)13-6-7-18(17,3)16(25)12(13)9-15(24)11-5-4-10(20)8-14(11)19(21,22)23/h4-5,8-9,13H,6-7H2,1-3H3/b12-9+/t13-,18+/m0/s1. The fraction of sp³-hybridized carbons (Fsp3) is 0.474. The van der Waals surface area contributed by atoms with Crippen LogP contribution < -0.4 is 0 Å². The summed E-state index contributed by atoms with van der Waals surface area (Å²) in [4.78, 5) is 25.2. The summed E-state index contributed by atoms with van der Waals surface area (Å²) in [5.41, 5.74) is -2.61. The van der Waals surface area contributed by atoms with Crippen LogP contribution in [0, 0.1) is 22.6 Å². The molecule has 1 aromatic carbocycles. The summed E-state index contributed by atoms with van der Waals surface area (Å²) in [6.07, 6.45) is -2.39. The summed E-state index contributed by atoms with van der Waals surface area (Å²) in [5, 5.41) is 0. The van der Waals surface area contributed by atoms with E-state index in [1.54, 1.807) is 0 Å². The van der Waals surface area contributed by atoms with Crippen molar-refractivity contribution < 1.29 is 27.2 Å². The normalized spacial score (nSPS) is 29.5.